The fraction of sp³-hybridized carbons (Fsp3) is 0.533. The molecule has 2 rings (SSSR count). The number of halogens is 1. The Morgan fingerprint density at radius 1 is 1.35 bits per heavy atom. The highest BCUT2D eigenvalue weighted by Crippen LogP contribution is 2.59. The van der Waals surface area contributed by atoms with Crippen LogP contribution in [0.1, 0.15) is 31.7 Å². The molecule has 1 aromatic carbocycles. The number of aromatic hydroxyl groups is 1. The van der Waals surface area contributed by atoms with Crippen molar-refractivity contribution in [2.24, 2.45) is 11.1 Å². The Hall–Kier alpha value is -1.26. The van der Waals surface area contributed by atoms with E-state index in [1.54, 1.807) is 12.1 Å². The van der Waals surface area contributed by atoms with Crippen molar-refractivity contribution >= 4 is 18.3 Å². The number of nitrogens with zero attached hydrogens (tertiary/aromatic N) is 1. The minimum absolute atomic E-state index is 0. The monoisotopic (exact) mass is 298 g/mol. The van der Waals surface area contributed by atoms with E-state index in [0.29, 0.717) is 6.54 Å². The summed E-state index contributed by atoms with van der Waals surface area (Å²) in [6.45, 7) is 5.81. The zero-order chi connectivity index (χ0) is 14.0. The first kappa shape index (κ1) is 16.8. The summed E-state index contributed by atoms with van der Waals surface area (Å²) in [5, 5.41) is 9.32. The van der Waals surface area contributed by atoms with Crippen molar-refractivity contribution in [3.8, 4) is 5.75 Å². The van der Waals surface area contributed by atoms with Crippen LogP contribution in [0.2, 0.25) is 0 Å². The SMILES string of the molecule is CCN(CC)C(=O)C1(CN)CC1c1ccc(O)cc1.Cl. The Morgan fingerprint density at radius 3 is 2.35 bits per heavy atom. The first-order valence-corrected chi connectivity index (χ1v) is 6.87. The van der Waals surface area contributed by atoms with Gasteiger partial charge in [0.25, 0.3) is 0 Å². The van der Waals surface area contributed by atoms with Crippen LogP contribution in [0, 0.1) is 5.41 Å². The zero-order valence-corrected chi connectivity index (χ0v) is 12.8. The minimum atomic E-state index is -0.428. The molecule has 0 heterocycles. The Balaban J connectivity index is 0.00000200. The summed E-state index contributed by atoms with van der Waals surface area (Å²) in [7, 11) is 0. The van der Waals surface area contributed by atoms with Gasteiger partial charge in [0.15, 0.2) is 0 Å². The average Bonchev–Trinajstić information content (AvgIpc) is 3.17. The highest BCUT2D eigenvalue weighted by molar-refractivity contribution is 5.88. The van der Waals surface area contributed by atoms with Gasteiger partial charge in [0.1, 0.15) is 5.75 Å². The first-order chi connectivity index (χ1) is 9.08. The number of benzene rings is 1. The number of hydrogen-bond donors (Lipinski definition) is 2. The van der Waals surface area contributed by atoms with Gasteiger partial charge in [0, 0.05) is 25.6 Å². The molecule has 3 N–H and O–H groups in total. The molecule has 112 valence electrons. The topological polar surface area (TPSA) is 66.6 Å². The molecule has 1 aliphatic carbocycles. The third kappa shape index (κ3) is 2.76. The molecule has 0 bridgehead atoms. The molecule has 4 nitrogen and oxygen atoms in total. The predicted molar refractivity (Wildman–Crippen MR) is 82.1 cm³/mol. The van der Waals surface area contributed by atoms with Crippen molar-refractivity contribution in [1.29, 1.82) is 0 Å². The predicted octanol–water partition coefficient (Wildman–Crippen LogP) is 2.11. The molecule has 1 aliphatic rings. The van der Waals surface area contributed by atoms with E-state index in [2.05, 4.69) is 0 Å². The number of nitrogens with two attached hydrogens (primary N) is 1. The third-order valence-electron chi connectivity index (χ3n) is 4.21. The van der Waals surface area contributed by atoms with Crippen molar-refractivity contribution < 1.29 is 9.90 Å². The molecule has 2 atom stereocenters. The van der Waals surface area contributed by atoms with Crippen LogP contribution in [-0.4, -0.2) is 35.5 Å². The van der Waals surface area contributed by atoms with Gasteiger partial charge in [-0.15, -0.1) is 12.4 Å². The largest absolute Gasteiger partial charge is 0.508 e. The first-order valence-electron chi connectivity index (χ1n) is 6.87. The molecule has 1 aromatic rings. The van der Waals surface area contributed by atoms with E-state index in [1.807, 2.05) is 30.9 Å². The Bertz CT molecular complexity index is 459. The lowest BCUT2D eigenvalue weighted by atomic mass is 9.97. The van der Waals surface area contributed by atoms with Gasteiger partial charge < -0.3 is 15.7 Å². The smallest absolute Gasteiger partial charge is 0.230 e. The van der Waals surface area contributed by atoms with Crippen LogP contribution in [0.15, 0.2) is 24.3 Å². The van der Waals surface area contributed by atoms with E-state index >= 15 is 0 Å². The lowest BCUT2D eigenvalue weighted by molar-refractivity contribution is -0.136. The average molecular weight is 299 g/mol. The molecule has 5 heteroatoms. The summed E-state index contributed by atoms with van der Waals surface area (Å²) in [6.07, 6.45) is 0.809. The number of phenolic OH excluding ortho intramolecular Hbond substituents is 1. The van der Waals surface area contributed by atoms with E-state index in [1.165, 1.54) is 0 Å². The van der Waals surface area contributed by atoms with Gasteiger partial charge >= 0.3 is 0 Å². The second-order valence-electron chi connectivity index (χ2n) is 5.19. The van der Waals surface area contributed by atoms with E-state index in [0.717, 1.165) is 25.1 Å². The van der Waals surface area contributed by atoms with Crippen molar-refractivity contribution in [2.45, 2.75) is 26.2 Å². The molecule has 0 aromatic heterocycles. The van der Waals surface area contributed by atoms with Crippen LogP contribution in [0.3, 0.4) is 0 Å². The zero-order valence-electron chi connectivity index (χ0n) is 12.0. The van der Waals surface area contributed by atoms with Crippen LogP contribution in [0.25, 0.3) is 0 Å². The van der Waals surface area contributed by atoms with Gasteiger partial charge in [0.2, 0.25) is 5.91 Å². The lowest BCUT2D eigenvalue weighted by Gasteiger charge is -2.25. The molecule has 0 saturated heterocycles. The summed E-state index contributed by atoms with van der Waals surface area (Å²) < 4.78 is 0. The van der Waals surface area contributed by atoms with E-state index in [4.69, 9.17) is 5.73 Å². The molecular formula is C15H23ClN2O2. The summed E-state index contributed by atoms with van der Waals surface area (Å²) in [5.74, 6) is 0.599. The van der Waals surface area contributed by atoms with Crippen LogP contribution in [0.4, 0.5) is 0 Å². The molecule has 0 radical (unpaired) electrons. The van der Waals surface area contributed by atoms with Crippen LogP contribution in [0.5, 0.6) is 5.75 Å². The second-order valence-corrected chi connectivity index (χ2v) is 5.19. The quantitative estimate of drug-likeness (QED) is 0.875. The lowest BCUT2D eigenvalue weighted by Crippen LogP contribution is -2.41. The number of amides is 1. The summed E-state index contributed by atoms with van der Waals surface area (Å²) in [5.41, 5.74) is 6.54. The molecule has 20 heavy (non-hydrogen) atoms. The van der Waals surface area contributed by atoms with Crippen LogP contribution >= 0.6 is 12.4 Å². The van der Waals surface area contributed by atoms with Crippen LogP contribution < -0.4 is 5.73 Å². The second kappa shape index (κ2) is 6.46. The molecule has 1 amide bonds. The van der Waals surface area contributed by atoms with Gasteiger partial charge in [-0.05, 0) is 38.0 Å². The number of rotatable bonds is 5. The normalized spacial score (nSPS) is 23.9. The van der Waals surface area contributed by atoms with E-state index < -0.39 is 5.41 Å². The summed E-state index contributed by atoms with van der Waals surface area (Å²) >= 11 is 0. The van der Waals surface area contributed by atoms with Gasteiger partial charge in [-0.3, -0.25) is 4.79 Å². The third-order valence-corrected chi connectivity index (χ3v) is 4.21. The van der Waals surface area contributed by atoms with Gasteiger partial charge in [-0.25, -0.2) is 0 Å². The maximum atomic E-state index is 12.6. The van der Waals surface area contributed by atoms with Crippen LogP contribution in [-0.2, 0) is 4.79 Å². The van der Waals surface area contributed by atoms with E-state index in [-0.39, 0.29) is 30.0 Å². The van der Waals surface area contributed by atoms with Crippen molar-refractivity contribution in [3.05, 3.63) is 29.8 Å². The molecule has 2 unspecified atom stereocenters. The molecule has 1 fully saturated rings. The molecular weight excluding hydrogens is 276 g/mol. The summed E-state index contributed by atoms with van der Waals surface area (Å²) in [4.78, 5) is 14.4. The maximum absolute atomic E-state index is 12.6. The number of phenols is 1. The molecule has 1 saturated carbocycles. The molecule has 0 aliphatic heterocycles. The number of hydrogen-bond acceptors (Lipinski definition) is 3. The fourth-order valence-electron chi connectivity index (χ4n) is 2.82. The minimum Gasteiger partial charge on any atom is -0.508 e. The van der Waals surface area contributed by atoms with Gasteiger partial charge in [0.05, 0.1) is 5.41 Å². The Morgan fingerprint density at radius 2 is 1.90 bits per heavy atom. The van der Waals surface area contributed by atoms with Crippen molar-refractivity contribution in [2.75, 3.05) is 19.6 Å². The fourth-order valence-corrected chi connectivity index (χ4v) is 2.82. The Kier molecular flexibility index (Phi) is 5.42. The number of carbonyl (C=O) groups is 1. The van der Waals surface area contributed by atoms with Crippen molar-refractivity contribution in [1.82, 2.24) is 4.90 Å². The van der Waals surface area contributed by atoms with Gasteiger partial charge in [-0.1, -0.05) is 12.1 Å². The van der Waals surface area contributed by atoms with Crippen molar-refractivity contribution in [3.63, 3.8) is 0 Å². The molecule has 0 spiro atoms. The highest BCUT2D eigenvalue weighted by Gasteiger charge is 2.60. The standard InChI is InChI=1S/C15H22N2O2.ClH/c1-3-17(4-2)14(19)15(10-16)9-13(15)11-5-7-12(18)8-6-11;/h5-8,13,18H,3-4,9-10,16H2,1-2H3;1H. The van der Waals surface area contributed by atoms with Gasteiger partial charge in [-0.2, -0.15) is 0 Å². The Labute approximate surface area is 126 Å². The summed E-state index contributed by atoms with van der Waals surface area (Å²) in [6, 6.07) is 7.09. The highest BCUT2D eigenvalue weighted by atomic mass is 35.5. The number of carbonyl (C=O) groups excluding carboxylic acids is 1. The van der Waals surface area contributed by atoms with E-state index in [9.17, 15) is 9.90 Å². The maximum Gasteiger partial charge on any atom is 0.230 e.